The second-order valence-electron chi connectivity index (χ2n) is 5.64. The number of rotatable bonds is 6. The van der Waals surface area contributed by atoms with Gasteiger partial charge >= 0.3 is 5.97 Å². The lowest BCUT2D eigenvalue weighted by atomic mass is 10.2. The summed E-state index contributed by atoms with van der Waals surface area (Å²) in [7, 11) is 1.38. The molecule has 5 nitrogen and oxygen atoms in total. The van der Waals surface area contributed by atoms with Gasteiger partial charge in [-0.05, 0) is 24.6 Å². The Morgan fingerprint density at radius 2 is 1.85 bits per heavy atom. The zero-order valence-electron chi connectivity index (χ0n) is 14.4. The van der Waals surface area contributed by atoms with Crippen molar-refractivity contribution in [1.82, 2.24) is 14.8 Å². The van der Waals surface area contributed by atoms with Crippen molar-refractivity contribution in [1.29, 1.82) is 0 Å². The maximum absolute atomic E-state index is 11.8. The molecule has 0 saturated heterocycles. The molecule has 0 saturated carbocycles. The van der Waals surface area contributed by atoms with Gasteiger partial charge in [-0.25, -0.2) is 0 Å². The van der Waals surface area contributed by atoms with Crippen LogP contribution in [0.15, 0.2) is 59.8 Å². The van der Waals surface area contributed by atoms with E-state index < -0.39 is 5.25 Å². The van der Waals surface area contributed by atoms with E-state index in [2.05, 4.69) is 10.2 Å². The van der Waals surface area contributed by atoms with E-state index in [4.69, 9.17) is 16.3 Å². The molecule has 0 amide bonds. The van der Waals surface area contributed by atoms with E-state index in [0.717, 1.165) is 11.1 Å². The van der Waals surface area contributed by atoms with Crippen LogP contribution in [-0.4, -0.2) is 33.1 Å². The molecule has 1 atom stereocenters. The van der Waals surface area contributed by atoms with Crippen LogP contribution in [0, 0.1) is 0 Å². The van der Waals surface area contributed by atoms with Gasteiger partial charge in [0, 0.05) is 5.56 Å². The van der Waals surface area contributed by atoms with E-state index in [0.29, 0.717) is 22.5 Å². The molecule has 0 unspecified atom stereocenters. The lowest BCUT2D eigenvalue weighted by Crippen LogP contribution is -2.16. The van der Waals surface area contributed by atoms with Crippen molar-refractivity contribution < 1.29 is 9.53 Å². The number of hydrogen-bond donors (Lipinski definition) is 0. The Morgan fingerprint density at radius 1 is 1.15 bits per heavy atom. The van der Waals surface area contributed by atoms with E-state index in [9.17, 15) is 4.79 Å². The number of esters is 1. The largest absolute Gasteiger partial charge is 0.468 e. The van der Waals surface area contributed by atoms with Crippen LogP contribution in [0.2, 0.25) is 5.02 Å². The van der Waals surface area contributed by atoms with Crippen molar-refractivity contribution >= 4 is 29.3 Å². The maximum Gasteiger partial charge on any atom is 0.318 e. The molecule has 134 valence electrons. The van der Waals surface area contributed by atoms with Crippen LogP contribution < -0.4 is 0 Å². The van der Waals surface area contributed by atoms with Gasteiger partial charge in [0.1, 0.15) is 5.25 Å². The Balaban J connectivity index is 2.02. The van der Waals surface area contributed by atoms with Crippen molar-refractivity contribution in [2.24, 2.45) is 0 Å². The predicted molar refractivity (Wildman–Crippen MR) is 103 cm³/mol. The molecule has 26 heavy (non-hydrogen) atoms. The number of hydrogen-bond acceptors (Lipinski definition) is 5. The summed E-state index contributed by atoms with van der Waals surface area (Å²) in [5, 5.41) is 9.49. The molecular weight excluding hydrogens is 370 g/mol. The summed E-state index contributed by atoms with van der Waals surface area (Å²) in [5.41, 5.74) is 1.91. The monoisotopic (exact) mass is 387 g/mol. The molecule has 0 radical (unpaired) electrons. The lowest BCUT2D eigenvalue weighted by molar-refractivity contribution is -0.139. The summed E-state index contributed by atoms with van der Waals surface area (Å²) in [6, 6.07) is 17.5. The summed E-state index contributed by atoms with van der Waals surface area (Å²) in [4.78, 5) is 11.8. The molecule has 1 heterocycles. The second kappa shape index (κ2) is 8.38. The molecule has 0 aliphatic rings. The molecule has 0 aliphatic carbocycles. The van der Waals surface area contributed by atoms with Crippen LogP contribution in [0.4, 0.5) is 0 Å². The Morgan fingerprint density at radius 3 is 2.54 bits per heavy atom. The average Bonchev–Trinajstić information content (AvgIpc) is 3.04. The van der Waals surface area contributed by atoms with E-state index in [1.807, 2.05) is 59.2 Å². The van der Waals surface area contributed by atoms with Crippen LogP contribution in [0.25, 0.3) is 11.4 Å². The highest BCUT2D eigenvalue weighted by molar-refractivity contribution is 8.00. The van der Waals surface area contributed by atoms with Gasteiger partial charge in [-0.1, -0.05) is 65.8 Å². The van der Waals surface area contributed by atoms with Gasteiger partial charge in [0.25, 0.3) is 0 Å². The third-order valence-electron chi connectivity index (χ3n) is 3.83. The number of thioether (sulfide) groups is 1. The minimum atomic E-state index is -0.391. The average molecular weight is 388 g/mol. The zero-order valence-corrected chi connectivity index (χ0v) is 16.0. The van der Waals surface area contributed by atoms with E-state index in [1.165, 1.54) is 18.9 Å². The number of carbonyl (C=O) groups excluding carboxylic acids is 1. The highest BCUT2D eigenvalue weighted by Crippen LogP contribution is 2.31. The number of aromatic nitrogens is 3. The normalized spacial score (nSPS) is 12.0. The molecule has 0 spiro atoms. The van der Waals surface area contributed by atoms with Gasteiger partial charge in [0.05, 0.1) is 18.7 Å². The van der Waals surface area contributed by atoms with Crippen LogP contribution in [0.5, 0.6) is 0 Å². The predicted octanol–water partition coefficient (Wildman–Crippen LogP) is 4.30. The fourth-order valence-electron chi connectivity index (χ4n) is 2.50. The fraction of sp³-hybridized carbons (Fsp3) is 0.211. The first kappa shape index (κ1) is 18.5. The Labute approximate surface area is 161 Å². The molecule has 0 fully saturated rings. The third kappa shape index (κ3) is 4.08. The van der Waals surface area contributed by atoms with Gasteiger partial charge in [0.2, 0.25) is 0 Å². The lowest BCUT2D eigenvalue weighted by Gasteiger charge is -2.13. The zero-order chi connectivity index (χ0) is 18.5. The van der Waals surface area contributed by atoms with Crippen molar-refractivity contribution in [2.45, 2.75) is 23.9 Å². The Kier molecular flexibility index (Phi) is 5.96. The van der Waals surface area contributed by atoms with Crippen LogP contribution in [-0.2, 0) is 16.1 Å². The molecule has 3 aromatic rings. The topological polar surface area (TPSA) is 57.0 Å². The van der Waals surface area contributed by atoms with E-state index in [-0.39, 0.29) is 5.97 Å². The highest BCUT2D eigenvalue weighted by atomic mass is 35.5. The van der Waals surface area contributed by atoms with Crippen molar-refractivity contribution in [3.63, 3.8) is 0 Å². The first-order valence-corrected chi connectivity index (χ1v) is 9.32. The highest BCUT2D eigenvalue weighted by Gasteiger charge is 2.22. The van der Waals surface area contributed by atoms with Gasteiger partial charge < -0.3 is 4.74 Å². The standard InChI is InChI=1S/C19H18ClN3O2S/c1-13(18(24)25-2)26-19-22-21-17(15-10-6-7-11-16(15)20)23(19)12-14-8-4-3-5-9-14/h3-11,13H,12H2,1-2H3/t13-/m1/s1. The summed E-state index contributed by atoms with van der Waals surface area (Å²) >= 11 is 7.67. The number of benzene rings is 2. The van der Waals surface area contributed by atoms with Crippen LogP contribution >= 0.6 is 23.4 Å². The molecule has 0 aliphatic heterocycles. The number of ether oxygens (including phenoxy) is 1. The van der Waals surface area contributed by atoms with Gasteiger partial charge in [-0.3, -0.25) is 9.36 Å². The quantitative estimate of drug-likeness (QED) is 0.466. The van der Waals surface area contributed by atoms with Crippen LogP contribution in [0.1, 0.15) is 12.5 Å². The molecule has 3 rings (SSSR count). The minimum Gasteiger partial charge on any atom is -0.468 e. The smallest absolute Gasteiger partial charge is 0.318 e. The summed E-state index contributed by atoms with van der Waals surface area (Å²) in [5.74, 6) is 0.363. The van der Waals surface area contributed by atoms with Crippen molar-refractivity contribution in [3.05, 3.63) is 65.2 Å². The van der Waals surface area contributed by atoms with E-state index >= 15 is 0 Å². The summed E-state index contributed by atoms with van der Waals surface area (Å²) < 4.78 is 6.79. The molecule has 1 aromatic heterocycles. The number of carbonyl (C=O) groups is 1. The molecule has 7 heteroatoms. The molecule has 2 aromatic carbocycles. The Hall–Kier alpha value is -2.31. The first-order chi connectivity index (χ1) is 12.6. The van der Waals surface area contributed by atoms with Crippen LogP contribution in [0.3, 0.4) is 0 Å². The fourth-order valence-corrected chi connectivity index (χ4v) is 3.59. The first-order valence-electron chi connectivity index (χ1n) is 8.06. The molecule has 0 N–H and O–H groups in total. The number of halogens is 1. The van der Waals surface area contributed by atoms with Gasteiger partial charge in [-0.15, -0.1) is 10.2 Å². The summed E-state index contributed by atoms with van der Waals surface area (Å²) in [6.45, 7) is 2.36. The Bertz CT molecular complexity index is 899. The SMILES string of the molecule is COC(=O)[C@@H](C)Sc1nnc(-c2ccccc2Cl)n1Cc1ccccc1. The van der Waals surface area contributed by atoms with Gasteiger partial charge in [-0.2, -0.15) is 0 Å². The number of methoxy groups -OCH3 is 1. The summed E-state index contributed by atoms with van der Waals surface area (Å²) in [6.07, 6.45) is 0. The second-order valence-corrected chi connectivity index (χ2v) is 7.36. The van der Waals surface area contributed by atoms with Crippen molar-refractivity contribution in [3.8, 4) is 11.4 Å². The van der Waals surface area contributed by atoms with Gasteiger partial charge in [0.15, 0.2) is 11.0 Å². The number of nitrogens with zero attached hydrogens (tertiary/aromatic N) is 3. The van der Waals surface area contributed by atoms with Crippen molar-refractivity contribution in [2.75, 3.05) is 7.11 Å². The third-order valence-corrected chi connectivity index (χ3v) is 5.22. The maximum atomic E-state index is 11.8. The minimum absolute atomic E-state index is 0.302. The molecule has 0 bridgehead atoms. The van der Waals surface area contributed by atoms with E-state index in [1.54, 1.807) is 6.92 Å². The molecular formula is C19H18ClN3O2S.